The summed E-state index contributed by atoms with van der Waals surface area (Å²) in [5.41, 5.74) is 0.232. The molecule has 0 spiro atoms. The highest BCUT2D eigenvalue weighted by Crippen LogP contribution is 2.29. The van der Waals surface area contributed by atoms with Gasteiger partial charge in [-0.15, -0.1) is 5.10 Å². The minimum Gasteiger partial charge on any atom is -0.497 e. The summed E-state index contributed by atoms with van der Waals surface area (Å²) in [6.45, 7) is 3.89. The molecule has 0 atom stereocenters. The van der Waals surface area contributed by atoms with Crippen LogP contribution in [-0.2, 0) is 14.8 Å². The molecular formula is C21H22N4O6S. The number of anilines is 1. The van der Waals surface area contributed by atoms with Crippen LogP contribution >= 0.6 is 0 Å². The van der Waals surface area contributed by atoms with E-state index in [1.54, 1.807) is 45.2 Å². The van der Waals surface area contributed by atoms with Crippen molar-refractivity contribution in [1.29, 1.82) is 0 Å². The van der Waals surface area contributed by atoms with E-state index in [4.69, 9.17) is 13.9 Å². The quantitative estimate of drug-likeness (QED) is 0.598. The normalized spacial score (nSPS) is 16.1. The van der Waals surface area contributed by atoms with Crippen LogP contribution in [0.3, 0.4) is 0 Å². The van der Waals surface area contributed by atoms with Crippen LogP contribution in [0, 0.1) is 0 Å². The Morgan fingerprint density at radius 2 is 1.91 bits per heavy atom. The van der Waals surface area contributed by atoms with Gasteiger partial charge < -0.3 is 13.9 Å². The van der Waals surface area contributed by atoms with Crippen LogP contribution in [-0.4, -0.2) is 54.8 Å². The highest BCUT2D eigenvalue weighted by molar-refractivity contribution is 7.89. The van der Waals surface area contributed by atoms with Crippen LogP contribution in [0.25, 0.3) is 11.5 Å². The van der Waals surface area contributed by atoms with Gasteiger partial charge in [0.15, 0.2) is 0 Å². The van der Waals surface area contributed by atoms with Gasteiger partial charge in [-0.05, 0) is 56.3 Å². The maximum Gasteiger partial charge on any atom is 0.322 e. The van der Waals surface area contributed by atoms with Crippen molar-refractivity contribution >= 4 is 21.9 Å². The highest BCUT2D eigenvalue weighted by Gasteiger charge is 2.42. The number of carbonyl (C=O) groups excluding carboxylic acids is 1. The summed E-state index contributed by atoms with van der Waals surface area (Å²) in [6.07, 6.45) is 0. The van der Waals surface area contributed by atoms with Crippen LogP contribution in [0.1, 0.15) is 24.2 Å². The Kier molecular flexibility index (Phi) is 5.71. The van der Waals surface area contributed by atoms with Crippen molar-refractivity contribution in [3.63, 3.8) is 0 Å². The van der Waals surface area contributed by atoms with Crippen molar-refractivity contribution in [2.75, 3.05) is 25.8 Å². The van der Waals surface area contributed by atoms with Crippen molar-refractivity contribution in [3.05, 3.63) is 54.1 Å². The number of carbonyl (C=O) groups is 1. The second-order valence-corrected chi connectivity index (χ2v) is 9.63. The molecule has 2 aromatic carbocycles. The molecule has 3 aromatic rings. The topological polar surface area (TPSA) is 124 Å². The molecule has 1 amide bonds. The Bertz CT molecular complexity index is 1240. The van der Waals surface area contributed by atoms with Gasteiger partial charge in [0.2, 0.25) is 15.9 Å². The molecule has 4 rings (SSSR count). The second kappa shape index (κ2) is 8.34. The molecule has 32 heavy (non-hydrogen) atoms. The second-order valence-electron chi connectivity index (χ2n) is 7.77. The zero-order chi connectivity index (χ0) is 22.9. The van der Waals surface area contributed by atoms with Crippen molar-refractivity contribution in [2.24, 2.45) is 0 Å². The van der Waals surface area contributed by atoms with E-state index < -0.39 is 21.5 Å². The first-order valence-corrected chi connectivity index (χ1v) is 11.1. The third-order valence-electron chi connectivity index (χ3n) is 5.01. The van der Waals surface area contributed by atoms with Gasteiger partial charge in [0.25, 0.3) is 5.91 Å². The number of methoxy groups -OCH3 is 1. The highest BCUT2D eigenvalue weighted by atomic mass is 32.2. The van der Waals surface area contributed by atoms with Crippen LogP contribution in [0.2, 0.25) is 0 Å². The summed E-state index contributed by atoms with van der Waals surface area (Å²) in [7, 11) is -2.20. The number of nitrogens with zero attached hydrogens (tertiary/aromatic N) is 3. The zero-order valence-corrected chi connectivity index (χ0v) is 18.5. The number of benzene rings is 2. The number of hydrogen-bond donors (Lipinski definition) is 1. The van der Waals surface area contributed by atoms with E-state index in [1.807, 2.05) is 0 Å². The van der Waals surface area contributed by atoms with E-state index >= 15 is 0 Å². The molecule has 1 fully saturated rings. The number of nitrogens with one attached hydrogen (secondary N) is 1. The maximum atomic E-state index is 12.9. The van der Waals surface area contributed by atoms with Crippen molar-refractivity contribution in [1.82, 2.24) is 14.5 Å². The fourth-order valence-electron chi connectivity index (χ4n) is 3.24. The van der Waals surface area contributed by atoms with Gasteiger partial charge in [0.05, 0.1) is 24.2 Å². The van der Waals surface area contributed by atoms with Crippen LogP contribution in [0.4, 0.5) is 6.01 Å². The van der Waals surface area contributed by atoms with E-state index in [-0.39, 0.29) is 29.1 Å². The lowest BCUT2D eigenvalue weighted by atomic mass is 10.1. The number of hydrogen-bond acceptors (Lipinski definition) is 8. The van der Waals surface area contributed by atoms with E-state index in [1.165, 1.54) is 28.6 Å². The average Bonchev–Trinajstić information content (AvgIpc) is 3.40. The third-order valence-corrected chi connectivity index (χ3v) is 7.05. The van der Waals surface area contributed by atoms with Gasteiger partial charge in [-0.3, -0.25) is 10.1 Å². The molecule has 0 saturated carbocycles. The minimum atomic E-state index is -3.76. The number of rotatable bonds is 6. The predicted octanol–water partition coefficient (Wildman–Crippen LogP) is 2.75. The zero-order valence-electron chi connectivity index (χ0n) is 17.7. The molecule has 1 aliphatic rings. The number of aromatic nitrogens is 2. The molecule has 1 N–H and O–H groups in total. The Morgan fingerprint density at radius 3 is 2.56 bits per heavy atom. The summed E-state index contributed by atoms with van der Waals surface area (Å²) in [5.74, 6) is 0.334. The lowest BCUT2D eigenvalue weighted by Crippen LogP contribution is -2.44. The Labute approximate surface area is 185 Å². The van der Waals surface area contributed by atoms with Gasteiger partial charge in [-0.25, -0.2) is 8.42 Å². The van der Waals surface area contributed by atoms with E-state index in [9.17, 15) is 13.2 Å². The van der Waals surface area contributed by atoms with Gasteiger partial charge in [0, 0.05) is 11.1 Å². The summed E-state index contributed by atoms with van der Waals surface area (Å²) >= 11 is 0. The van der Waals surface area contributed by atoms with E-state index in [0.29, 0.717) is 17.9 Å². The van der Waals surface area contributed by atoms with Crippen molar-refractivity contribution in [2.45, 2.75) is 24.3 Å². The Balaban J connectivity index is 1.47. The molecule has 0 radical (unpaired) electrons. The molecular weight excluding hydrogens is 436 g/mol. The average molecular weight is 458 g/mol. The Hall–Kier alpha value is -3.28. The predicted molar refractivity (Wildman–Crippen MR) is 115 cm³/mol. The lowest BCUT2D eigenvalue weighted by molar-refractivity contribution is 0.102. The van der Waals surface area contributed by atoms with E-state index in [0.717, 1.165) is 0 Å². The van der Waals surface area contributed by atoms with Crippen LogP contribution < -0.4 is 10.1 Å². The number of sulfonamides is 1. The van der Waals surface area contributed by atoms with Crippen LogP contribution in [0.5, 0.6) is 5.75 Å². The SMILES string of the molecule is COc1cccc(-c2nnc(NC(=O)c3ccc(S(=O)(=O)N4COCC4(C)C)cc3)o2)c1. The largest absolute Gasteiger partial charge is 0.497 e. The maximum absolute atomic E-state index is 12.9. The summed E-state index contributed by atoms with van der Waals surface area (Å²) in [5, 5.41) is 10.3. The standard InChI is InChI=1S/C21H22N4O6S/c1-21(2)12-30-13-25(21)32(27,28)17-9-7-14(8-10-17)18(26)22-20-24-23-19(31-20)15-5-4-6-16(11-15)29-3/h4-11H,12-13H2,1-3H3,(H,22,24,26). The third kappa shape index (κ3) is 4.22. The van der Waals surface area contributed by atoms with Crippen molar-refractivity contribution < 1.29 is 27.1 Å². The summed E-state index contributed by atoms with van der Waals surface area (Å²) in [6, 6.07) is 12.6. The number of amides is 1. The summed E-state index contributed by atoms with van der Waals surface area (Å²) < 4.78 is 43.1. The first kappa shape index (κ1) is 21.9. The minimum absolute atomic E-state index is 0.00957. The molecule has 1 saturated heterocycles. The molecule has 0 unspecified atom stereocenters. The molecule has 1 aliphatic heterocycles. The summed E-state index contributed by atoms with van der Waals surface area (Å²) in [4.78, 5) is 12.6. The molecule has 0 aliphatic carbocycles. The molecule has 1 aromatic heterocycles. The smallest absolute Gasteiger partial charge is 0.322 e. The first-order chi connectivity index (χ1) is 15.2. The Morgan fingerprint density at radius 1 is 1.16 bits per heavy atom. The lowest BCUT2D eigenvalue weighted by Gasteiger charge is -2.28. The fraction of sp³-hybridized carbons (Fsp3) is 0.286. The molecule has 11 heteroatoms. The van der Waals surface area contributed by atoms with Gasteiger partial charge in [-0.1, -0.05) is 11.2 Å². The van der Waals surface area contributed by atoms with Crippen LogP contribution in [0.15, 0.2) is 57.8 Å². The number of ether oxygens (including phenoxy) is 2. The van der Waals surface area contributed by atoms with Gasteiger partial charge in [0.1, 0.15) is 12.5 Å². The van der Waals surface area contributed by atoms with Gasteiger partial charge >= 0.3 is 6.01 Å². The molecule has 10 nitrogen and oxygen atoms in total. The van der Waals surface area contributed by atoms with Gasteiger partial charge in [-0.2, -0.15) is 4.31 Å². The van der Waals surface area contributed by atoms with E-state index in [2.05, 4.69) is 15.5 Å². The first-order valence-electron chi connectivity index (χ1n) is 9.71. The molecule has 168 valence electrons. The van der Waals surface area contributed by atoms with Crippen molar-refractivity contribution in [3.8, 4) is 17.2 Å². The molecule has 0 bridgehead atoms. The monoisotopic (exact) mass is 458 g/mol. The fourth-order valence-corrected chi connectivity index (χ4v) is 4.89. The molecule has 2 heterocycles.